The van der Waals surface area contributed by atoms with Crippen LogP contribution in [0.25, 0.3) is 6.08 Å². The molecule has 0 saturated heterocycles. The number of benzene rings is 1. The fraction of sp³-hybridized carbons (Fsp3) is 0.333. The first kappa shape index (κ1) is 13.4. The predicted octanol–water partition coefficient (Wildman–Crippen LogP) is 3.20. The van der Waals surface area contributed by atoms with Crippen molar-refractivity contribution in [3.05, 3.63) is 41.5 Å². The van der Waals surface area contributed by atoms with Crippen molar-refractivity contribution in [2.24, 2.45) is 0 Å². The van der Waals surface area contributed by atoms with Gasteiger partial charge in [-0.15, -0.1) is 0 Å². The molecule has 90 valence electrons. The lowest BCUT2D eigenvalue weighted by atomic mass is 10.0. The Kier molecular flexibility index (Phi) is 5.94. The molecule has 0 saturated carbocycles. The van der Waals surface area contributed by atoms with Crippen LogP contribution in [0.4, 0.5) is 0 Å². The molecular weight excluding hydrogens is 212 g/mol. The van der Waals surface area contributed by atoms with Gasteiger partial charge in [-0.25, -0.2) is 0 Å². The zero-order valence-electron chi connectivity index (χ0n) is 10.2. The molecule has 0 aliphatic carbocycles. The van der Waals surface area contributed by atoms with Gasteiger partial charge in [-0.05, 0) is 30.0 Å². The minimum absolute atomic E-state index is 0.311. The monoisotopic (exact) mass is 230 g/mol. The molecule has 0 fully saturated rings. The summed E-state index contributed by atoms with van der Waals surface area (Å²) < 4.78 is 0. The molecule has 0 aliphatic rings. The van der Waals surface area contributed by atoms with Gasteiger partial charge < -0.3 is 0 Å². The van der Waals surface area contributed by atoms with Gasteiger partial charge in [0.25, 0.3) is 0 Å². The summed E-state index contributed by atoms with van der Waals surface area (Å²) in [6.45, 7) is 1.89. The summed E-state index contributed by atoms with van der Waals surface area (Å²) in [6, 6.07) is 7.96. The van der Waals surface area contributed by atoms with Crippen molar-refractivity contribution in [2.75, 3.05) is 0 Å². The van der Waals surface area contributed by atoms with Gasteiger partial charge in [-0.3, -0.25) is 9.59 Å². The number of hydrogen-bond acceptors (Lipinski definition) is 2. The van der Waals surface area contributed by atoms with Gasteiger partial charge in [0, 0.05) is 12.8 Å². The normalized spacial score (nSPS) is 10.6. The number of carbonyl (C=O) groups is 2. The van der Waals surface area contributed by atoms with Crippen LogP contribution < -0.4 is 0 Å². The molecule has 0 N–H and O–H groups in total. The molecule has 17 heavy (non-hydrogen) atoms. The summed E-state index contributed by atoms with van der Waals surface area (Å²) in [7, 11) is 0. The first-order valence-corrected chi connectivity index (χ1v) is 5.99. The molecule has 1 aromatic carbocycles. The molecule has 0 aliphatic heterocycles. The number of aryl methyl sites for hydroxylation is 1. The summed E-state index contributed by atoms with van der Waals surface area (Å²) in [5, 5.41) is 0. The molecule has 2 heteroatoms. The van der Waals surface area contributed by atoms with Crippen LogP contribution in [-0.4, -0.2) is 12.1 Å². The second-order valence-corrected chi connectivity index (χ2v) is 3.94. The van der Waals surface area contributed by atoms with Crippen molar-refractivity contribution in [2.45, 2.75) is 32.6 Å². The molecule has 0 bridgehead atoms. The van der Waals surface area contributed by atoms with E-state index in [4.69, 9.17) is 0 Å². The predicted molar refractivity (Wildman–Crippen MR) is 69.8 cm³/mol. The van der Waals surface area contributed by atoms with Gasteiger partial charge in [-0.1, -0.05) is 37.3 Å². The maximum Gasteiger partial charge on any atom is 0.142 e. The average molecular weight is 230 g/mol. The molecule has 0 atom stereocenters. The van der Waals surface area contributed by atoms with Crippen molar-refractivity contribution < 1.29 is 9.59 Å². The second-order valence-electron chi connectivity index (χ2n) is 3.94. The Morgan fingerprint density at radius 2 is 2.06 bits per heavy atom. The molecule has 0 heterocycles. The van der Waals surface area contributed by atoms with Gasteiger partial charge in [0.05, 0.1) is 0 Å². The lowest BCUT2D eigenvalue weighted by molar-refractivity contribution is -0.118. The number of allylic oxidation sites excluding steroid dienone is 1. The lowest BCUT2D eigenvalue weighted by Crippen LogP contribution is -1.97. The number of carbonyl (C=O) groups excluding carboxylic acids is 2. The molecule has 1 rings (SSSR count). The van der Waals surface area contributed by atoms with Crippen LogP contribution in [0.1, 0.15) is 37.3 Å². The zero-order chi connectivity index (χ0) is 12.5. The van der Waals surface area contributed by atoms with E-state index < -0.39 is 0 Å². The zero-order valence-corrected chi connectivity index (χ0v) is 10.2. The summed E-state index contributed by atoms with van der Waals surface area (Å²) in [6.07, 6.45) is 7.09. The topological polar surface area (TPSA) is 34.1 Å². The second kappa shape index (κ2) is 7.55. The van der Waals surface area contributed by atoms with Gasteiger partial charge in [0.15, 0.2) is 0 Å². The van der Waals surface area contributed by atoms with Crippen LogP contribution in [0.3, 0.4) is 0 Å². The van der Waals surface area contributed by atoms with Crippen LogP contribution in [-0.2, 0) is 16.0 Å². The lowest BCUT2D eigenvalue weighted by Gasteiger charge is -2.05. The molecule has 1 aromatic rings. The van der Waals surface area contributed by atoms with Crippen molar-refractivity contribution in [3.63, 3.8) is 0 Å². The third-order valence-electron chi connectivity index (χ3n) is 2.71. The fourth-order valence-electron chi connectivity index (χ4n) is 1.72. The van der Waals surface area contributed by atoms with E-state index in [2.05, 4.69) is 0 Å². The Morgan fingerprint density at radius 3 is 2.76 bits per heavy atom. The van der Waals surface area contributed by atoms with E-state index in [9.17, 15) is 9.59 Å². The van der Waals surface area contributed by atoms with Crippen LogP contribution in [0.5, 0.6) is 0 Å². The number of aldehydes is 1. The van der Waals surface area contributed by atoms with Crippen molar-refractivity contribution in [1.29, 1.82) is 0 Å². The van der Waals surface area contributed by atoms with E-state index in [1.165, 1.54) is 11.6 Å². The van der Waals surface area contributed by atoms with E-state index >= 15 is 0 Å². The third kappa shape index (κ3) is 4.77. The highest BCUT2D eigenvalue weighted by molar-refractivity contribution is 5.78. The highest BCUT2D eigenvalue weighted by atomic mass is 16.1. The van der Waals surface area contributed by atoms with Gasteiger partial charge >= 0.3 is 0 Å². The molecule has 0 radical (unpaired) electrons. The first-order chi connectivity index (χ1) is 8.27. The summed E-state index contributed by atoms with van der Waals surface area (Å²) in [4.78, 5) is 21.5. The Balaban J connectivity index is 2.60. The van der Waals surface area contributed by atoms with Crippen LogP contribution in [0, 0.1) is 0 Å². The fourth-order valence-corrected chi connectivity index (χ4v) is 1.72. The number of rotatable bonds is 7. The van der Waals surface area contributed by atoms with E-state index in [0.29, 0.717) is 18.6 Å². The number of Topliss-reactive ketones (excluding diaryl/α,β-unsaturated/α-hetero) is 1. The SMILES string of the molecule is CCC(=O)CCCc1ccccc1/C=C/C=O. The quantitative estimate of drug-likeness (QED) is 0.532. The van der Waals surface area contributed by atoms with Crippen LogP contribution >= 0.6 is 0 Å². The molecule has 0 spiro atoms. The van der Waals surface area contributed by atoms with Crippen LogP contribution in [0.15, 0.2) is 30.3 Å². The first-order valence-electron chi connectivity index (χ1n) is 5.99. The Labute approximate surface area is 102 Å². The minimum atomic E-state index is 0.311. The van der Waals surface area contributed by atoms with E-state index in [-0.39, 0.29) is 0 Å². The number of ketones is 1. The standard InChI is InChI=1S/C15H18O2/c1-2-15(17)11-5-9-13-7-3-4-8-14(13)10-6-12-16/h3-4,6-8,10,12H,2,5,9,11H2,1H3/b10-6+. The Hall–Kier alpha value is -1.70. The van der Waals surface area contributed by atoms with E-state index in [1.54, 1.807) is 0 Å². The Morgan fingerprint density at radius 1 is 1.29 bits per heavy atom. The average Bonchev–Trinajstić information content (AvgIpc) is 2.37. The maximum absolute atomic E-state index is 11.2. The van der Waals surface area contributed by atoms with Crippen molar-refractivity contribution in [1.82, 2.24) is 0 Å². The third-order valence-corrected chi connectivity index (χ3v) is 2.71. The van der Waals surface area contributed by atoms with Crippen LogP contribution in [0.2, 0.25) is 0 Å². The smallest absolute Gasteiger partial charge is 0.142 e. The maximum atomic E-state index is 11.2. The highest BCUT2D eigenvalue weighted by Gasteiger charge is 2.01. The summed E-state index contributed by atoms with van der Waals surface area (Å²) in [5.41, 5.74) is 2.25. The van der Waals surface area contributed by atoms with E-state index in [1.807, 2.05) is 37.3 Å². The largest absolute Gasteiger partial charge is 0.300 e. The summed E-state index contributed by atoms with van der Waals surface area (Å²) in [5.74, 6) is 0.311. The van der Waals surface area contributed by atoms with Crippen molar-refractivity contribution >= 4 is 18.1 Å². The van der Waals surface area contributed by atoms with Gasteiger partial charge in [0.2, 0.25) is 0 Å². The Bertz CT molecular complexity index is 405. The summed E-state index contributed by atoms with van der Waals surface area (Å²) >= 11 is 0. The number of hydrogen-bond donors (Lipinski definition) is 0. The minimum Gasteiger partial charge on any atom is -0.300 e. The highest BCUT2D eigenvalue weighted by Crippen LogP contribution is 2.14. The van der Waals surface area contributed by atoms with E-state index in [0.717, 1.165) is 24.7 Å². The van der Waals surface area contributed by atoms with Gasteiger partial charge in [0.1, 0.15) is 12.1 Å². The van der Waals surface area contributed by atoms with Crippen molar-refractivity contribution in [3.8, 4) is 0 Å². The molecule has 0 aromatic heterocycles. The molecule has 0 unspecified atom stereocenters. The van der Waals surface area contributed by atoms with Gasteiger partial charge in [-0.2, -0.15) is 0 Å². The molecule has 0 amide bonds. The molecular formula is C15H18O2. The molecule has 2 nitrogen and oxygen atoms in total.